The summed E-state index contributed by atoms with van der Waals surface area (Å²) in [4.78, 5) is 2.42. The Hall–Kier alpha value is -2.16. The van der Waals surface area contributed by atoms with Gasteiger partial charge in [0, 0.05) is 19.6 Å². The lowest BCUT2D eigenvalue weighted by atomic mass is 9.85. The first-order valence-corrected chi connectivity index (χ1v) is 8.77. The SMILES string of the molecule is CN1CCC(=C2c3ccccc3C=Cc3ccc(CN)cc32)CC1. The summed E-state index contributed by atoms with van der Waals surface area (Å²) in [6.45, 7) is 2.87. The van der Waals surface area contributed by atoms with E-state index in [2.05, 4.69) is 66.6 Å². The Morgan fingerprint density at radius 1 is 0.917 bits per heavy atom. The van der Waals surface area contributed by atoms with Gasteiger partial charge in [-0.25, -0.2) is 0 Å². The summed E-state index contributed by atoms with van der Waals surface area (Å²) in [5.74, 6) is 0. The molecular weight excluding hydrogens is 292 g/mol. The van der Waals surface area contributed by atoms with Gasteiger partial charge in [-0.3, -0.25) is 0 Å². The Labute approximate surface area is 144 Å². The van der Waals surface area contributed by atoms with Crippen molar-refractivity contribution in [2.24, 2.45) is 5.73 Å². The molecule has 0 radical (unpaired) electrons. The van der Waals surface area contributed by atoms with Crippen LogP contribution >= 0.6 is 0 Å². The number of nitrogens with zero attached hydrogens (tertiary/aromatic N) is 1. The van der Waals surface area contributed by atoms with Crippen LogP contribution < -0.4 is 5.73 Å². The molecule has 1 saturated heterocycles. The summed E-state index contributed by atoms with van der Waals surface area (Å²) in [7, 11) is 2.21. The molecule has 0 spiro atoms. The van der Waals surface area contributed by atoms with Crippen LogP contribution in [0.4, 0.5) is 0 Å². The first kappa shape index (κ1) is 15.4. The fraction of sp³-hybridized carbons (Fsp3) is 0.273. The van der Waals surface area contributed by atoms with E-state index in [1.165, 1.54) is 33.4 Å². The summed E-state index contributed by atoms with van der Waals surface area (Å²) in [5.41, 5.74) is 15.5. The molecule has 1 aliphatic carbocycles. The van der Waals surface area contributed by atoms with Crippen LogP contribution in [0.1, 0.15) is 40.7 Å². The fourth-order valence-corrected chi connectivity index (χ4v) is 3.81. The Morgan fingerprint density at radius 3 is 2.38 bits per heavy atom. The molecule has 122 valence electrons. The molecule has 2 aliphatic rings. The van der Waals surface area contributed by atoms with Crippen molar-refractivity contribution < 1.29 is 0 Å². The van der Waals surface area contributed by atoms with Crippen molar-refractivity contribution in [3.05, 3.63) is 75.9 Å². The van der Waals surface area contributed by atoms with Gasteiger partial charge in [-0.05, 0) is 59.3 Å². The highest BCUT2D eigenvalue weighted by Crippen LogP contribution is 2.39. The van der Waals surface area contributed by atoms with E-state index in [0.29, 0.717) is 6.54 Å². The van der Waals surface area contributed by atoms with Crippen LogP contribution in [0.2, 0.25) is 0 Å². The average Bonchev–Trinajstić information content (AvgIpc) is 2.79. The molecule has 2 N–H and O–H groups in total. The lowest BCUT2D eigenvalue weighted by Crippen LogP contribution is -2.27. The van der Waals surface area contributed by atoms with Gasteiger partial charge in [0.1, 0.15) is 0 Å². The zero-order valence-corrected chi connectivity index (χ0v) is 14.3. The van der Waals surface area contributed by atoms with Crippen molar-refractivity contribution in [2.75, 3.05) is 20.1 Å². The van der Waals surface area contributed by atoms with E-state index in [9.17, 15) is 0 Å². The minimum absolute atomic E-state index is 0.587. The van der Waals surface area contributed by atoms with Gasteiger partial charge in [0.2, 0.25) is 0 Å². The maximum absolute atomic E-state index is 5.92. The lowest BCUT2D eigenvalue weighted by molar-refractivity contribution is 0.313. The second-order valence-corrected chi connectivity index (χ2v) is 6.83. The second kappa shape index (κ2) is 6.39. The molecule has 1 aliphatic heterocycles. The lowest BCUT2D eigenvalue weighted by Gasteiger charge is -2.27. The van der Waals surface area contributed by atoms with Gasteiger partial charge in [-0.1, -0.05) is 54.1 Å². The first-order valence-electron chi connectivity index (χ1n) is 8.77. The molecule has 0 saturated carbocycles. The highest BCUT2D eigenvalue weighted by molar-refractivity contribution is 5.95. The minimum Gasteiger partial charge on any atom is -0.326 e. The molecular formula is C22H24N2. The third kappa shape index (κ3) is 2.72. The Bertz CT molecular complexity index is 820. The number of hydrogen-bond donors (Lipinski definition) is 1. The standard InChI is InChI=1S/C22H24N2/c1-24-12-10-19(11-13-24)22-20-5-3-2-4-17(20)8-9-18-7-6-16(15-23)14-21(18)22/h2-9,14H,10-13,15,23H2,1H3. The Balaban J connectivity index is 1.97. The third-order valence-electron chi connectivity index (χ3n) is 5.24. The zero-order valence-electron chi connectivity index (χ0n) is 14.3. The van der Waals surface area contributed by atoms with Crippen LogP contribution in [-0.4, -0.2) is 25.0 Å². The molecule has 0 amide bonds. The van der Waals surface area contributed by atoms with E-state index in [1.807, 2.05) is 0 Å². The van der Waals surface area contributed by atoms with Crippen molar-refractivity contribution in [3.63, 3.8) is 0 Å². The smallest absolute Gasteiger partial charge is 0.0178 e. The van der Waals surface area contributed by atoms with Crippen molar-refractivity contribution in [1.82, 2.24) is 4.90 Å². The first-order chi connectivity index (χ1) is 11.8. The predicted octanol–water partition coefficient (Wildman–Crippen LogP) is 4.16. The van der Waals surface area contributed by atoms with Gasteiger partial charge in [0.05, 0.1) is 0 Å². The van der Waals surface area contributed by atoms with Gasteiger partial charge in [0.25, 0.3) is 0 Å². The van der Waals surface area contributed by atoms with Crippen molar-refractivity contribution in [3.8, 4) is 0 Å². The topological polar surface area (TPSA) is 29.3 Å². The molecule has 4 rings (SSSR count). The Morgan fingerprint density at radius 2 is 1.62 bits per heavy atom. The molecule has 2 nitrogen and oxygen atoms in total. The highest BCUT2D eigenvalue weighted by Gasteiger charge is 2.21. The molecule has 0 bridgehead atoms. The highest BCUT2D eigenvalue weighted by atomic mass is 15.1. The molecule has 1 fully saturated rings. The summed E-state index contributed by atoms with van der Waals surface area (Å²) in [5, 5.41) is 0. The van der Waals surface area contributed by atoms with Gasteiger partial charge in [0.15, 0.2) is 0 Å². The number of fused-ring (bicyclic) bond motifs is 2. The third-order valence-corrected chi connectivity index (χ3v) is 5.24. The van der Waals surface area contributed by atoms with Crippen molar-refractivity contribution >= 4 is 17.7 Å². The van der Waals surface area contributed by atoms with Crippen LogP contribution in [-0.2, 0) is 6.54 Å². The maximum Gasteiger partial charge on any atom is 0.0178 e. The molecule has 0 aromatic heterocycles. The molecule has 0 unspecified atom stereocenters. The summed E-state index contributed by atoms with van der Waals surface area (Å²) >= 11 is 0. The number of benzene rings is 2. The van der Waals surface area contributed by atoms with Gasteiger partial charge in [-0.15, -0.1) is 0 Å². The van der Waals surface area contributed by atoms with E-state index in [4.69, 9.17) is 5.73 Å². The molecule has 2 aromatic carbocycles. The molecule has 2 heteroatoms. The van der Waals surface area contributed by atoms with Gasteiger partial charge in [-0.2, -0.15) is 0 Å². The van der Waals surface area contributed by atoms with E-state index < -0.39 is 0 Å². The van der Waals surface area contributed by atoms with E-state index in [1.54, 1.807) is 5.57 Å². The average molecular weight is 316 g/mol. The largest absolute Gasteiger partial charge is 0.326 e. The van der Waals surface area contributed by atoms with Crippen LogP contribution in [0.5, 0.6) is 0 Å². The number of rotatable bonds is 1. The fourth-order valence-electron chi connectivity index (χ4n) is 3.81. The van der Waals surface area contributed by atoms with Crippen LogP contribution in [0.15, 0.2) is 48.0 Å². The number of nitrogens with two attached hydrogens (primary N) is 1. The van der Waals surface area contributed by atoms with Crippen LogP contribution in [0.3, 0.4) is 0 Å². The summed E-state index contributed by atoms with van der Waals surface area (Å²) in [6, 6.07) is 15.4. The van der Waals surface area contributed by atoms with Crippen molar-refractivity contribution in [1.29, 1.82) is 0 Å². The van der Waals surface area contributed by atoms with Crippen molar-refractivity contribution in [2.45, 2.75) is 19.4 Å². The Kier molecular flexibility index (Phi) is 4.09. The normalized spacial score (nSPS) is 17.4. The quantitative estimate of drug-likeness (QED) is 0.730. The molecule has 2 aromatic rings. The van der Waals surface area contributed by atoms with Gasteiger partial charge >= 0.3 is 0 Å². The maximum atomic E-state index is 5.92. The van der Waals surface area contributed by atoms with E-state index in [0.717, 1.165) is 25.9 Å². The number of likely N-dealkylation sites (tertiary alicyclic amines) is 1. The zero-order chi connectivity index (χ0) is 16.5. The minimum atomic E-state index is 0.587. The van der Waals surface area contributed by atoms with Gasteiger partial charge < -0.3 is 10.6 Å². The second-order valence-electron chi connectivity index (χ2n) is 6.83. The monoisotopic (exact) mass is 316 g/mol. The molecule has 0 atom stereocenters. The predicted molar refractivity (Wildman–Crippen MR) is 102 cm³/mol. The summed E-state index contributed by atoms with van der Waals surface area (Å²) in [6.07, 6.45) is 6.79. The number of hydrogen-bond acceptors (Lipinski definition) is 2. The molecule has 24 heavy (non-hydrogen) atoms. The number of piperidine rings is 1. The summed E-state index contributed by atoms with van der Waals surface area (Å²) < 4.78 is 0. The van der Waals surface area contributed by atoms with Crippen LogP contribution in [0, 0.1) is 0 Å². The van der Waals surface area contributed by atoms with E-state index in [-0.39, 0.29) is 0 Å². The van der Waals surface area contributed by atoms with Crippen LogP contribution in [0.25, 0.3) is 17.7 Å². The van der Waals surface area contributed by atoms with E-state index >= 15 is 0 Å². The molecule has 1 heterocycles.